The van der Waals surface area contributed by atoms with Crippen molar-refractivity contribution >= 4 is 17.7 Å². The number of likely N-dealkylation sites (tertiary alicyclic amines) is 1. The quantitative estimate of drug-likeness (QED) is 0.814. The number of nitrogens with one attached hydrogen (secondary N) is 1. The minimum atomic E-state index is 0.0298. The first-order valence-electron chi connectivity index (χ1n) is 8.17. The summed E-state index contributed by atoms with van der Waals surface area (Å²) in [6.07, 6.45) is 2.63. The second kappa shape index (κ2) is 8.02. The summed E-state index contributed by atoms with van der Waals surface area (Å²) in [4.78, 5) is 14.6. The summed E-state index contributed by atoms with van der Waals surface area (Å²) in [6.45, 7) is 10.7. The summed E-state index contributed by atoms with van der Waals surface area (Å²) in [7, 11) is 0. The number of carbonyl (C=O) groups is 1. The molecule has 1 saturated heterocycles. The highest BCUT2D eigenvalue weighted by Gasteiger charge is 2.13. The molecule has 0 radical (unpaired) electrons. The fourth-order valence-corrected chi connectivity index (χ4v) is 3.40. The first kappa shape index (κ1) is 17.4. The molecular formula is C18H28N2OS. The van der Waals surface area contributed by atoms with Gasteiger partial charge in [0.2, 0.25) is 0 Å². The van der Waals surface area contributed by atoms with Crippen molar-refractivity contribution in [3.8, 4) is 0 Å². The highest BCUT2D eigenvalue weighted by molar-refractivity contribution is 8.00. The van der Waals surface area contributed by atoms with Crippen molar-refractivity contribution in [3.63, 3.8) is 0 Å². The predicted octanol–water partition coefficient (Wildman–Crippen LogP) is 3.54. The standard InChI is InChI=1S/C18H28N2OS/c1-18(2,3)22-13-10-19-17(21)16-8-6-15(7-9-16)14-20-11-4-5-12-20/h6-9H,4-5,10-14H2,1-3H3,(H,19,21). The van der Waals surface area contributed by atoms with Crippen molar-refractivity contribution in [1.82, 2.24) is 10.2 Å². The molecular weight excluding hydrogens is 292 g/mol. The Morgan fingerprint density at radius 3 is 2.41 bits per heavy atom. The van der Waals surface area contributed by atoms with E-state index in [1.165, 1.54) is 31.5 Å². The van der Waals surface area contributed by atoms with Crippen LogP contribution in [0, 0.1) is 0 Å². The normalized spacial score (nSPS) is 16.0. The maximum atomic E-state index is 12.1. The number of carbonyl (C=O) groups excluding carboxylic acids is 1. The lowest BCUT2D eigenvalue weighted by atomic mass is 10.1. The van der Waals surface area contributed by atoms with E-state index < -0.39 is 0 Å². The Kier molecular flexibility index (Phi) is 6.33. The Morgan fingerprint density at radius 1 is 1.18 bits per heavy atom. The van der Waals surface area contributed by atoms with Crippen molar-refractivity contribution < 1.29 is 4.79 Å². The molecule has 1 aliphatic heterocycles. The van der Waals surface area contributed by atoms with E-state index in [-0.39, 0.29) is 10.7 Å². The van der Waals surface area contributed by atoms with Crippen molar-refractivity contribution in [1.29, 1.82) is 0 Å². The van der Waals surface area contributed by atoms with Gasteiger partial charge in [0, 0.05) is 29.2 Å². The molecule has 1 fully saturated rings. The van der Waals surface area contributed by atoms with E-state index in [1.807, 2.05) is 23.9 Å². The van der Waals surface area contributed by atoms with Crippen molar-refractivity contribution in [2.45, 2.75) is 44.9 Å². The summed E-state index contributed by atoms with van der Waals surface area (Å²) >= 11 is 1.87. The van der Waals surface area contributed by atoms with Crippen LogP contribution < -0.4 is 5.32 Å². The van der Waals surface area contributed by atoms with Gasteiger partial charge in [0.05, 0.1) is 0 Å². The summed E-state index contributed by atoms with van der Waals surface area (Å²) in [6, 6.07) is 8.05. The van der Waals surface area contributed by atoms with Gasteiger partial charge in [-0.3, -0.25) is 9.69 Å². The molecule has 3 nitrogen and oxygen atoms in total. The van der Waals surface area contributed by atoms with Gasteiger partial charge in [0.25, 0.3) is 5.91 Å². The molecule has 4 heteroatoms. The van der Waals surface area contributed by atoms with Crippen LogP contribution in [0.4, 0.5) is 0 Å². The minimum Gasteiger partial charge on any atom is -0.351 e. The van der Waals surface area contributed by atoms with Crippen LogP contribution in [-0.2, 0) is 6.54 Å². The third-order valence-electron chi connectivity index (χ3n) is 3.74. The first-order chi connectivity index (χ1) is 10.4. The van der Waals surface area contributed by atoms with Crippen molar-refractivity contribution in [2.24, 2.45) is 0 Å². The average molecular weight is 321 g/mol. The van der Waals surface area contributed by atoms with Crippen LogP contribution in [0.25, 0.3) is 0 Å². The number of benzene rings is 1. The molecule has 1 amide bonds. The first-order valence-corrected chi connectivity index (χ1v) is 9.16. The zero-order valence-corrected chi connectivity index (χ0v) is 14.8. The number of nitrogens with zero attached hydrogens (tertiary/aromatic N) is 1. The largest absolute Gasteiger partial charge is 0.351 e. The molecule has 22 heavy (non-hydrogen) atoms. The van der Waals surface area contributed by atoms with Gasteiger partial charge >= 0.3 is 0 Å². The lowest BCUT2D eigenvalue weighted by molar-refractivity contribution is 0.0956. The minimum absolute atomic E-state index is 0.0298. The molecule has 0 spiro atoms. The van der Waals surface area contributed by atoms with Gasteiger partial charge in [-0.15, -0.1) is 0 Å². The van der Waals surface area contributed by atoms with Crippen LogP contribution in [0.2, 0.25) is 0 Å². The summed E-state index contributed by atoms with van der Waals surface area (Å²) in [5.74, 6) is 0.977. The molecule has 0 aliphatic carbocycles. The van der Waals surface area contributed by atoms with Crippen molar-refractivity contribution in [3.05, 3.63) is 35.4 Å². The second-order valence-corrected chi connectivity index (χ2v) is 8.82. The van der Waals surface area contributed by atoms with E-state index in [0.717, 1.165) is 24.4 Å². The van der Waals surface area contributed by atoms with E-state index >= 15 is 0 Å². The van der Waals surface area contributed by atoms with Crippen LogP contribution in [0.3, 0.4) is 0 Å². The molecule has 0 atom stereocenters. The van der Waals surface area contributed by atoms with Gasteiger partial charge in [-0.25, -0.2) is 0 Å². The van der Waals surface area contributed by atoms with Crippen LogP contribution in [0.1, 0.15) is 49.5 Å². The third kappa shape index (κ3) is 6.01. The number of rotatable bonds is 6. The van der Waals surface area contributed by atoms with E-state index in [1.54, 1.807) is 0 Å². The number of hydrogen-bond acceptors (Lipinski definition) is 3. The lowest BCUT2D eigenvalue weighted by Gasteiger charge is -2.17. The summed E-state index contributed by atoms with van der Waals surface area (Å²) in [5.41, 5.74) is 2.05. The summed E-state index contributed by atoms with van der Waals surface area (Å²) in [5, 5.41) is 2.99. The van der Waals surface area contributed by atoms with E-state index in [2.05, 4.69) is 43.1 Å². The van der Waals surface area contributed by atoms with Gasteiger partial charge in [-0.1, -0.05) is 32.9 Å². The molecule has 1 aromatic rings. The average Bonchev–Trinajstić information content (AvgIpc) is 2.96. The molecule has 0 unspecified atom stereocenters. The van der Waals surface area contributed by atoms with Gasteiger partial charge in [0.15, 0.2) is 0 Å². The highest BCUT2D eigenvalue weighted by atomic mass is 32.2. The fraction of sp³-hybridized carbons (Fsp3) is 0.611. The van der Waals surface area contributed by atoms with Gasteiger partial charge in [-0.2, -0.15) is 11.8 Å². The number of amides is 1. The molecule has 2 rings (SSSR count). The monoisotopic (exact) mass is 320 g/mol. The Balaban J connectivity index is 1.75. The van der Waals surface area contributed by atoms with Crippen LogP contribution in [-0.4, -0.2) is 40.9 Å². The van der Waals surface area contributed by atoms with Gasteiger partial charge in [-0.05, 0) is 43.6 Å². The zero-order chi connectivity index (χ0) is 16.0. The van der Waals surface area contributed by atoms with Crippen molar-refractivity contribution in [2.75, 3.05) is 25.4 Å². The molecule has 1 aromatic carbocycles. The second-order valence-electron chi connectivity index (χ2n) is 6.90. The maximum absolute atomic E-state index is 12.1. The maximum Gasteiger partial charge on any atom is 0.251 e. The van der Waals surface area contributed by atoms with E-state index in [4.69, 9.17) is 0 Å². The fourth-order valence-electron chi connectivity index (χ4n) is 2.58. The van der Waals surface area contributed by atoms with Crippen LogP contribution in [0.15, 0.2) is 24.3 Å². The topological polar surface area (TPSA) is 32.3 Å². The lowest BCUT2D eigenvalue weighted by Crippen LogP contribution is -2.27. The van der Waals surface area contributed by atoms with Crippen LogP contribution >= 0.6 is 11.8 Å². The predicted molar refractivity (Wildman–Crippen MR) is 95.5 cm³/mol. The molecule has 1 aliphatic rings. The van der Waals surface area contributed by atoms with Gasteiger partial charge in [0.1, 0.15) is 0 Å². The third-order valence-corrected chi connectivity index (χ3v) is 5.02. The molecule has 1 N–H and O–H groups in total. The summed E-state index contributed by atoms with van der Waals surface area (Å²) < 4.78 is 0.252. The Bertz CT molecular complexity index is 473. The smallest absolute Gasteiger partial charge is 0.251 e. The Labute approximate surface area is 138 Å². The SMILES string of the molecule is CC(C)(C)SCCNC(=O)c1ccc(CN2CCCC2)cc1. The van der Waals surface area contributed by atoms with Gasteiger partial charge < -0.3 is 5.32 Å². The molecule has 1 heterocycles. The Hall–Kier alpha value is -1.00. The van der Waals surface area contributed by atoms with Crippen LogP contribution in [0.5, 0.6) is 0 Å². The molecule has 0 aromatic heterocycles. The molecule has 0 bridgehead atoms. The van der Waals surface area contributed by atoms with E-state index in [0.29, 0.717) is 0 Å². The highest BCUT2D eigenvalue weighted by Crippen LogP contribution is 2.22. The number of thioether (sulfide) groups is 1. The van der Waals surface area contributed by atoms with E-state index in [9.17, 15) is 4.79 Å². The molecule has 0 saturated carbocycles. The zero-order valence-electron chi connectivity index (χ0n) is 14.0. The molecule has 122 valence electrons. The Morgan fingerprint density at radius 2 is 1.82 bits per heavy atom. The number of hydrogen-bond donors (Lipinski definition) is 1.